The molecule has 0 bridgehead atoms. The summed E-state index contributed by atoms with van der Waals surface area (Å²) in [5.41, 5.74) is 3.56. The monoisotopic (exact) mass is 423 g/mol. The molecule has 0 unspecified atom stereocenters. The molecule has 1 amide bonds. The summed E-state index contributed by atoms with van der Waals surface area (Å²) >= 11 is 7.46. The smallest absolute Gasteiger partial charge is 0.264 e. The van der Waals surface area contributed by atoms with Gasteiger partial charge in [-0.05, 0) is 78.4 Å². The maximum atomic E-state index is 12.4. The normalized spacial score (nSPS) is 16.4. The molecule has 7 heteroatoms. The van der Waals surface area contributed by atoms with Crippen LogP contribution in [0.15, 0.2) is 70.8 Å². The summed E-state index contributed by atoms with van der Waals surface area (Å²) in [4.78, 5) is 17.5. The van der Waals surface area contributed by atoms with Crippen LogP contribution in [0.1, 0.15) is 11.1 Å². The average molecular weight is 424 g/mol. The molecule has 1 aliphatic heterocycles. The minimum Gasteiger partial charge on any atom is -0.497 e. The molecular formula is C22H18ClN3O2S. The first-order chi connectivity index (χ1) is 14.0. The van der Waals surface area contributed by atoms with E-state index < -0.39 is 0 Å². The van der Waals surface area contributed by atoms with Crippen LogP contribution < -0.4 is 10.1 Å². The summed E-state index contributed by atoms with van der Waals surface area (Å²) in [6, 6.07) is 15.3. The third-order valence-electron chi connectivity index (χ3n) is 4.50. The van der Waals surface area contributed by atoms with E-state index in [1.54, 1.807) is 7.11 Å². The van der Waals surface area contributed by atoms with Gasteiger partial charge in [-0.3, -0.25) is 4.79 Å². The molecule has 2 heterocycles. The lowest BCUT2D eigenvalue weighted by atomic mass is 10.2. The number of amides is 1. The third kappa shape index (κ3) is 4.23. The lowest BCUT2D eigenvalue weighted by Gasteiger charge is -2.04. The van der Waals surface area contributed by atoms with Crippen molar-refractivity contribution >= 4 is 46.2 Å². The van der Waals surface area contributed by atoms with Crippen LogP contribution in [0.3, 0.4) is 0 Å². The molecule has 0 saturated carbocycles. The number of thioether (sulfide) groups is 1. The first kappa shape index (κ1) is 19.4. The second kappa shape index (κ2) is 8.19. The van der Waals surface area contributed by atoms with Crippen LogP contribution >= 0.6 is 23.4 Å². The highest BCUT2D eigenvalue weighted by Crippen LogP contribution is 2.31. The Kier molecular flexibility index (Phi) is 5.47. The second-order valence-electron chi connectivity index (χ2n) is 6.42. The lowest BCUT2D eigenvalue weighted by Crippen LogP contribution is -2.19. The zero-order valence-corrected chi connectivity index (χ0v) is 17.4. The molecule has 1 saturated heterocycles. The first-order valence-electron chi connectivity index (χ1n) is 8.90. The van der Waals surface area contributed by atoms with E-state index in [9.17, 15) is 4.79 Å². The van der Waals surface area contributed by atoms with Crippen LogP contribution in [0.4, 0.5) is 5.69 Å². The second-order valence-corrected chi connectivity index (χ2v) is 7.85. The van der Waals surface area contributed by atoms with E-state index in [0.29, 0.717) is 15.1 Å². The Balaban J connectivity index is 1.54. The fraction of sp³-hybridized carbons (Fsp3) is 0.0909. The highest BCUT2D eigenvalue weighted by atomic mass is 35.5. The quantitative estimate of drug-likeness (QED) is 0.576. The number of aromatic nitrogens is 1. The Morgan fingerprint density at radius 2 is 1.97 bits per heavy atom. The van der Waals surface area contributed by atoms with Gasteiger partial charge >= 0.3 is 0 Å². The van der Waals surface area contributed by atoms with E-state index in [0.717, 1.165) is 28.3 Å². The molecule has 29 heavy (non-hydrogen) atoms. The molecule has 5 nitrogen and oxygen atoms in total. The average Bonchev–Trinajstić information content (AvgIpc) is 3.32. The lowest BCUT2D eigenvalue weighted by molar-refractivity contribution is -0.115. The van der Waals surface area contributed by atoms with Crippen LogP contribution in [0.25, 0.3) is 11.8 Å². The number of benzene rings is 2. The molecule has 0 spiro atoms. The van der Waals surface area contributed by atoms with Crippen molar-refractivity contribution in [2.24, 2.45) is 4.99 Å². The summed E-state index contributed by atoms with van der Waals surface area (Å²) in [5, 5.41) is 4.01. The number of hydrogen-bond acceptors (Lipinski definition) is 4. The molecule has 146 valence electrons. The Hall–Kier alpha value is -2.96. The van der Waals surface area contributed by atoms with Crippen LogP contribution in [0.2, 0.25) is 5.02 Å². The van der Waals surface area contributed by atoms with Crippen LogP contribution in [-0.2, 0) is 4.79 Å². The molecule has 1 aromatic heterocycles. The summed E-state index contributed by atoms with van der Waals surface area (Å²) < 4.78 is 7.19. The van der Waals surface area contributed by atoms with Crippen molar-refractivity contribution in [1.82, 2.24) is 9.88 Å². The number of ether oxygens (including phenoxy) is 1. The Morgan fingerprint density at radius 3 is 2.72 bits per heavy atom. The predicted octanol–water partition coefficient (Wildman–Crippen LogP) is 5.34. The Labute approximate surface area is 178 Å². The molecule has 1 aliphatic rings. The van der Waals surface area contributed by atoms with E-state index in [4.69, 9.17) is 16.3 Å². The van der Waals surface area contributed by atoms with Crippen LogP contribution in [-0.4, -0.2) is 22.8 Å². The minimum absolute atomic E-state index is 0.161. The van der Waals surface area contributed by atoms with Crippen molar-refractivity contribution in [1.29, 1.82) is 0 Å². The van der Waals surface area contributed by atoms with E-state index in [1.807, 2.05) is 78.5 Å². The van der Waals surface area contributed by atoms with Gasteiger partial charge in [-0.15, -0.1) is 0 Å². The molecular weight excluding hydrogens is 406 g/mol. The third-order valence-corrected chi connectivity index (χ3v) is 5.82. The van der Waals surface area contributed by atoms with E-state index >= 15 is 0 Å². The fourth-order valence-electron chi connectivity index (χ4n) is 2.87. The topological polar surface area (TPSA) is 55.6 Å². The van der Waals surface area contributed by atoms with Gasteiger partial charge in [0.15, 0.2) is 5.17 Å². The molecule has 2 aromatic carbocycles. The molecule has 1 fully saturated rings. The summed E-state index contributed by atoms with van der Waals surface area (Å²) in [6.45, 7) is 1.90. The van der Waals surface area contributed by atoms with Gasteiger partial charge in [-0.25, -0.2) is 4.99 Å². The summed E-state index contributed by atoms with van der Waals surface area (Å²) in [5.74, 6) is 0.648. The maximum Gasteiger partial charge on any atom is 0.264 e. The highest BCUT2D eigenvalue weighted by Gasteiger charge is 2.24. The predicted molar refractivity (Wildman–Crippen MR) is 119 cm³/mol. The van der Waals surface area contributed by atoms with E-state index in [-0.39, 0.29) is 5.91 Å². The zero-order valence-electron chi connectivity index (χ0n) is 15.8. The number of amidine groups is 1. The van der Waals surface area contributed by atoms with E-state index in [1.165, 1.54) is 11.8 Å². The van der Waals surface area contributed by atoms with E-state index in [2.05, 4.69) is 10.3 Å². The number of halogens is 1. The van der Waals surface area contributed by atoms with Gasteiger partial charge in [-0.2, -0.15) is 0 Å². The van der Waals surface area contributed by atoms with Gasteiger partial charge in [-0.1, -0.05) is 17.7 Å². The highest BCUT2D eigenvalue weighted by molar-refractivity contribution is 8.18. The van der Waals surface area contributed by atoms with Gasteiger partial charge < -0.3 is 14.6 Å². The molecule has 3 aromatic rings. The van der Waals surface area contributed by atoms with Crippen LogP contribution in [0, 0.1) is 6.92 Å². The number of aliphatic imine (C=N–C) groups is 1. The number of nitrogens with one attached hydrogen (secondary N) is 1. The summed E-state index contributed by atoms with van der Waals surface area (Å²) in [7, 11) is 1.64. The van der Waals surface area contributed by atoms with Crippen molar-refractivity contribution < 1.29 is 9.53 Å². The maximum absolute atomic E-state index is 12.4. The van der Waals surface area contributed by atoms with Crippen molar-refractivity contribution in [3.63, 3.8) is 0 Å². The van der Waals surface area contributed by atoms with Crippen LogP contribution in [0.5, 0.6) is 5.75 Å². The van der Waals surface area contributed by atoms with Gasteiger partial charge in [0.25, 0.3) is 5.91 Å². The first-order valence-corrected chi connectivity index (χ1v) is 10.1. The van der Waals surface area contributed by atoms with Gasteiger partial charge in [0.05, 0.1) is 17.7 Å². The standard InChI is InChI=1S/C22H18ClN3O2S/c1-14-18(23)4-3-5-19(14)24-22-25-21(27)20(29-22)12-15-10-11-26(13-15)16-6-8-17(28-2)9-7-16/h3-13H,1-2H3,(H,24,25,27)/b20-12+. The zero-order chi connectivity index (χ0) is 20.4. The van der Waals surface area contributed by atoms with Crippen molar-refractivity contribution in [3.8, 4) is 11.4 Å². The van der Waals surface area contributed by atoms with Gasteiger partial charge in [0, 0.05) is 23.1 Å². The van der Waals surface area contributed by atoms with Gasteiger partial charge in [0.2, 0.25) is 0 Å². The molecule has 0 aliphatic carbocycles. The van der Waals surface area contributed by atoms with Crippen molar-refractivity contribution in [2.45, 2.75) is 6.92 Å². The largest absolute Gasteiger partial charge is 0.497 e. The number of nitrogens with zero attached hydrogens (tertiary/aromatic N) is 2. The Bertz CT molecular complexity index is 1130. The summed E-state index contributed by atoms with van der Waals surface area (Å²) in [6.07, 6.45) is 5.78. The molecule has 4 rings (SSSR count). The molecule has 1 N–H and O–H groups in total. The number of methoxy groups -OCH3 is 1. The number of hydrogen-bond donors (Lipinski definition) is 1. The van der Waals surface area contributed by atoms with Crippen molar-refractivity contribution in [2.75, 3.05) is 7.11 Å². The van der Waals surface area contributed by atoms with Gasteiger partial charge in [0.1, 0.15) is 5.75 Å². The number of carbonyl (C=O) groups is 1. The number of carbonyl (C=O) groups excluding carboxylic acids is 1. The fourth-order valence-corrected chi connectivity index (χ4v) is 3.88. The SMILES string of the molecule is COc1ccc(-n2ccc(/C=C3/SC(=Nc4cccc(Cl)c4C)NC3=O)c2)cc1. The number of rotatable bonds is 4. The Morgan fingerprint density at radius 1 is 1.17 bits per heavy atom. The van der Waals surface area contributed by atoms with Crippen molar-refractivity contribution in [3.05, 3.63) is 82.0 Å². The minimum atomic E-state index is -0.161. The molecule has 0 atom stereocenters. The molecule has 0 radical (unpaired) electrons.